The van der Waals surface area contributed by atoms with Crippen molar-refractivity contribution in [3.63, 3.8) is 0 Å². The Labute approximate surface area is 188 Å². The molecule has 0 amide bonds. The molecule has 32 heavy (non-hydrogen) atoms. The first kappa shape index (κ1) is 21.8. The van der Waals surface area contributed by atoms with Gasteiger partial charge in [-0.05, 0) is 42.3 Å². The van der Waals surface area contributed by atoms with Gasteiger partial charge in [0, 0.05) is 11.3 Å². The van der Waals surface area contributed by atoms with Gasteiger partial charge in [0.15, 0.2) is 5.82 Å². The minimum Gasteiger partial charge on any atom is -0.486 e. The number of thioether (sulfide) groups is 1. The first-order chi connectivity index (χ1) is 15.7. The summed E-state index contributed by atoms with van der Waals surface area (Å²) in [7, 11) is 0. The van der Waals surface area contributed by atoms with E-state index < -0.39 is 0 Å². The number of ether oxygens (including phenoxy) is 1. The Hall–Kier alpha value is -3.47. The normalized spacial score (nSPS) is 11.0. The molecule has 2 heterocycles. The van der Waals surface area contributed by atoms with Crippen LogP contribution in [0.1, 0.15) is 25.1 Å². The number of hydrogen-bond acceptors (Lipinski definition) is 8. The Kier molecular flexibility index (Phi) is 7.28. The van der Waals surface area contributed by atoms with Gasteiger partial charge in [-0.25, -0.2) is 9.07 Å². The van der Waals surface area contributed by atoms with E-state index in [4.69, 9.17) is 10.6 Å². The molecule has 0 saturated carbocycles. The number of nitrogens with zero attached hydrogens (tertiary/aromatic N) is 7. The van der Waals surface area contributed by atoms with Gasteiger partial charge in [-0.3, -0.25) is 0 Å². The maximum Gasteiger partial charge on any atom is 0.209 e. The van der Waals surface area contributed by atoms with Crippen molar-refractivity contribution in [1.29, 1.82) is 0 Å². The van der Waals surface area contributed by atoms with Gasteiger partial charge >= 0.3 is 0 Å². The third-order valence-corrected chi connectivity index (χ3v) is 5.66. The summed E-state index contributed by atoms with van der Waals surface area (Å²) in [6.07, 6.45) is 2.98. The molecule has 0 bridgehead atoms. The van der Waals surface area contributed by atoms with Crippen molar-refractivity contribution in [2.45, 2.75) is 37.6 Å². The van der Waals surface area contributed by atoms with Crippen molar-refractivity contribution >= 4 is 11.8 Å². The zero-order valence-corrected chi connectivity index (χ0v) is 18.2. The molecule has 0 radical (unpaired) electrons. The highest BCUT2D eigenvalue weighted by atomic mass is 32.2. The molecular formula is C21H23FN8OS. The van der Waals surface area contributed by atoms with Crippen LogP contribution in [-0.2, 0) is 13.2 Å². The lowest BCUT2D eigenvalue weighted by Crippen LogP contribution is -2.15. The van der Waals surface area contributed by atoms with Crippen LogP contribution >= 0.6 is 11.8 Å². The molecule has 0 atom stereocenters. The van der Waals surface area contributed by atoms with Crippen LogP contribution in [0.25, 0.3) is 11.4 Å². The molecule has 0 aliphatic rings. The van der Waals surface area contributed by atoms with E-state index in [2.05, 4.69) is 25.6 Å². The quantitative estimate of drug-likeness (QED) is 0.209. The smallest absolute Gasteiger partial charge is 0.209 e. The topological polar surface area (TPSA) is 110 Å². The Morgan fingerprint density at radius 1 is 0.938 bits per heavy atom. The second-order valence-corrected chi connectivity index (χ2v) is 8.06. The molecule has 166 valence electrons. The Balaban J connectivity index is 1.15. The number of unbranched alkanes of at least 4 members (excludes halogenated alkanes) is 2. The van der Waals surface area contributed by atoms with E-state index in [-0.39, 0.29) is 12.4 Å². The highest BCUT2D eigenvalue weighted by Crippen LogP contribution is 2.18. The van der Waals surface area contributed by atoms with Crippen LogP contribution in [-0.4, -0.2) is 40.8 Å². The van der Waals surface area contributed by atoms with Gasteiger partial charge < -0.3 is 10.6 Å². The number of hydrogen-bond donors (Lipinski definition) is 1. The first-order valence-corrected chi connectivity index (χ1v) is 11.2. The number of rotatable bonds is 11. The van der Waals surface area contributed by atoms with Gasteiger partial charge in [-0.15, -0.1) is 20.4 Å². The van der Waals surface area contributed by atoms with Crippen LogP contribution in [0.15, 0.2) is 59.8 Å². The van der Waals surface area contributed by atoms with Crippen LogP contribution in [0.2, 0.25) is 0 Å². The van der Waals surface area contributed by atoms with Gasteiger partial charge in [0.1, 0.15) is 18.2 Å². The molecule has 0 saturated heterocycles. The van der Waals surface area contributed by atoms with Gasteiger partial charge in [-0.2, -0.15) is 4.80 Å². The van der Waals surface area contributed by atoms with Crippen LogP contribution < -0.4 is 10.6 Å². The Morgan fingerprint density at radius 3 is 2.56 bits per heavy atom. The second-order valence-electron chi connectivity index (χ2n) is 7.00. The number of aryl methyl sites for hydroxylation is 1. The molecular weight excluding hydrogens is 431 g/mol. The summed E-state index contributed by atoms with van der Waals surface area (Å²) in [4.78, 5) is 1.64. The molecule has 2 aromatic heterocycles. The zero-order chi connectivity index (χ0) is 22.2. The summed E-state index contributed by atoms with van der Waals surface area (Å²) < 4.78 is 20.0. The van der Waals surface area contributed by atoms with Gasteiger partial charge in [0.25, 0.3) is 0 Å². The van der Waals surface area contributed by atoms with Crippen molar-refractivity contribution in [3.05, 3.63) is 66.2 Å². The summed E-state index contributed by atoms with van der Waals surface area (Å²) in [5.41, 5.74) is 0.962. The minimum absolute atomic E-state index is 0.158. The van der Waals surface area contributed by atoms with E-state index in [1.165, 1.54) is 16.8 Å². The molecule has 0 unspecified atom stereocenters. The predicted molar refractivity (Wildman–Crippen MR) is 119 cm³/mol. The maximum atomic E-state index is 12.9. The number of nitrogen functional groups attached to an aromatic ring is 1. The fraction of sp³-hybridized carbons (Fsp3) is 0.286. The Bertz CT molecular complexity index is 1120. The van der Waals surface area contributed by atoms with Crippen molar-refractivity contribution in [2.24, 2.45) is 0 Å². The number of aromatic nitrogens is 7. The standard InChI is InChI=1S/C21H23FN8OS/c22-17-9-11-18(12-10-17)31-15-19-24-26-21(30(19)23)32-14-6-2-5-13-29-27-20(25-28-29)16-7-3-1-4-8-16/h1,3-4,7-12H,2,5-6,13-15,23H2. The monoisotopic (exact) mass is 454 g/mol. The lowest BCUT2D eigenvalue weighted by molar-refractivity contribution is 0.291. The Morgan fingerprint density at radius 2 is 1.75 bits per heavy atom. The van der Waals surface area contributed by atoms with Gasteiger partial charge in [-0.1, -0.05) is 48.5 Å². The van der Waals surface area contributed by atoms with E-state index in [0.717, 1.165) is 37.1 Å². The van der Waals surface area contributed by atoms with E-state index in [1.54, 1.807) is 28.7 Å². The van der Waals surface area contributed by atoms with Crippen molar-refractivity contribution in [3.8, 4) is 17.1 Å². The molecule has 2 aromatic carbocycles. The summed E-state index contributed by atoms with van der Waals surface area (Å²) in [6.45, 7) is 0.883. The molecule has 0 aliphatic heterocycles. The average Bonchev–Trinajstić information content (AvgIpc) is 3.43. The molecule has 4 aromatic rings. The number of nitrogens with two attached hydrogens (primary N) is 1. The summed E-state index contributed by atoms with van der Waals surface area (Å²) in [6, 6.07) is 15.6. The van der Waals surface area contributed by atoms with Crippen molar-refractivity contribution in [1.82, 2.24) is 35.1 Å². The number of benzene rings is 2. The van der Waals surface area contributed by atoms with Crippen LogP contribution in [0.3, 0.4) is 0 Å². The highest BCUT2D eigenvalue weighted by Gasteiger charge is 2.11. The maximum absolute atomic E-state index is 12.9. The summed E-state index contributed by atoms with van der Waals surface area (Å²) in [5, 5.41) is 21.5. The molecule has 2 N–H and O–H groups in total. The first-order valence-electron chi connectivity index (χ1n) is 10.2. The molecule has 4 rings (SSSR count). The third-order valence-electron chi connectivity index (χ3n) is 4.64. The third kappa shape index (κ3) is 5.82. The van der Waals surface area contributed by atoms with Gasteiger partial charge in [0.05, 0.1) is 6.54 Å². The molecule has 0 aliphatic carbocycles. The van der Waals surface area contributed by atoms with Gasteiger partial charge in [0.2, 0.25) is 11.0 Å². The van der Waals surface area contributed by atoms with Crippen molar-refractivity contribution < 1.29 is 9.13 Å². The fourth-order valence-corrected chi connectivity index (χ4v) is 3.79. The highest BCUT2D eigenvalue weighted by molar-refractivity contribution is 7.99. The lowest BCUT2D eigenvalue weighted by Gasteiger charge is -2.06. The number of tetrazole rings is 1. The predicted octanol–water partition coefficient (Wildman–Crippen LogP) is 3.33. The SMILES string of the molecule is Nn1c(COc2ccc(F)cc2)nnc1SCCCCCn1nnc(-c2ccccc2)n1. The number of halogens is 1. The fourth-order valence-electron chi connectivity index (χ4n) is 2.92. The summed E-state index contributed by atoms with van der Waals surface area (Å²) >= 11 is 1.55. The van der Waals surface area contributed by atoms with Crippen LogP contribution in [0, 0.1) is 5.82 Å². The molecule has 9 nitrogen and oxygen atoms in total. The molecule has 0 spiro atoms. The zero-order valence-electron chi connectivity index (χ0n) is 17.3. The second kappa shape index (κ2) is 10.7. The minimum atomic E-state index is -0.312. The van der Waals surface area contributed by atoms with E-state index >= 15 is 0 Å². The lowest BCUT2D eigenvalue weighted by atomic mass is 10.2. The summed E-state index contributed by atoms with van der Waals surface area (Å²) in [5.74, 6) is 8.31. The van der Waals surface area contributed by atoms with Crippen LogP contribution in [0.5, 0.6) is 5.75 Å². The molecule has 11 heteroatoms. The van der Waals surface area contributed by atoms with E-state index in [1.807, 2.05) is 30.3 Å². The molecule has 0 fully saturated rings. The van der Waals surface area contributed by atoms with Crippen LogP contribution in [0.4, 0.5) is 4.39 Å². The largest absolute Gasteiger partial charge is 0.486 e. The van der Waals surface area contributed by atoms with E-state index in [0.29, 0.717) is 22.6 Å². The van der Waals surface area contributed by atoms with E-state index in [9.17, 15) is 4.39 Å². The van der Waals surface area contributed by atoms with Crippen molar-refractivity contribution in [2.75, 3.05) is 11.6 Å². The average molecular weight is 455 g/mol.